The molecule has 0 amide bonds. The van der Waals surface area contributed by atoms with E-state index in [1.165, 1.54) is 31.4 Å². The molecule has 2 heterocycles. The molecule has 0 aliphatic rings. The van der Waals surface area contributed by atoms with E-state index in [1.54, 1.807) is 0 Å². The molecular weight excluding hydrogens is 248 g/mol. The second-order valence-electron chi connectivity index (χ2n) is 3.09. The molecule has 0 spiro atoms. The molecule has 2 rings (SSSR count). The summed E-state index contributed by atoms with van der Waals surface area (Å²) in [4.78, 5) is 22.9. The van der Waals surface area contributed by atoms with Gasteiger partial charge in [-0.2, -0.15) is 0 Å². The number of methoxy groups -OCH3 is 1. The zero-order valence-corrected chi connectivity index (χ0v) is 9.48. The molecule has 0 N–H and O–H groups in total. The quantitative estimate of drug-likeness (QED) is 0.622. The first kappa shape index (κ1) is 11.5. The lowest BCUT2D eigenvalue weighted by atomic mass is 10.2. The minimum Gasteiger partial charge on any atom is -0.463 e. The van der Waals surface area contributed by atoms with E-state index >= 15 is 0 Å². The molecule has 0 unspecified atom stereocenters. The van der Waals surface area contributed by atoms with Gasteiger partial charge in [-0.25, -0.2) is 4.79 Å². The summed E-state index contributed by atoms with van der Waals surface area (Å²) in [6.45, 7) is 0. The number of ketones is 1. The van der Waals surface area contributed by atoms with Crippen LogP contribution < -0.4 is 0 Å². The Balaban J connectivity index is 2.26. The lowest BCUT2D eigenvalue weighted by Crippen LogP contribution is -2.00. The fourth-order valence-corrected chi connectivity index (χ4v) is 1.37. The molecule has 0 radical (unpaired) electrons. The Hall–Kier alpha value is -2.01. The average molecular weight is 255 g/mol. The Bertz CT molecular complexity index is 566. The van der Waals surface area contributed by atoms with Crippen LogP contribution in [0.2, 0.25) is 5.22 Å². The standard InChI is InChI=1S/C11H7ClO5/c1-15-11(14)8-3-2-6(16-8)10(13)7-4-5-9(12)17-7/h2-5H,1H3. The molecule has 0 saturated heterocycles. The number of hydrogen-bond acceptors (Lipinski definition) is 5. The number of hydrogen-bond donors (Lipinski definition) is 0. The van der Waals surface area contributed by atoms with Crippen LogP contribution in [0.1, 0.15) is 26.9 Å². The molecule has 2 aromatic rings. The van der Waals surface area contributed by atoms with E-state index in [-0.39, 0.29) is 22.5 Å². The van der Waals surface area contributed by atoms with E-state index in [0.29, 0.717) is 0 Å². The van der Waals surface area contributed by atoms with Gasteiger partial charge in [-0.1, -0.05) is 0 Å². The highest BCUT2D eigenvalue weighted by Gasteiger charge is 2.19. The predicted molar refractivity (Wildman–Crippen MR) is 57.2 cm³/mol. The molecule has 6 heteroatoms. The van der Waals surface area contributed by atoms with Crippen LogP contribution in [0.3, 0.4) is 0 Å². The fourth-order valence-electron chi connectivity index (χ4n) is 1.23. The maximum absolute atomic E-state index is 11.8. The van der Waals surface area contributed by atoms with Gasteiger partial charge in [0.1, 0.15) is 0 Å². The van der Waals surface area contributed by atoms with Crippen molar-refractivity contribution in [3.8, 4) is 0 Å². The van der Waals surface area contributed by atoms with E-state index < -0.39 is 11.8 Å². The third kappa shape index (κ3) is 2.24. The number of furan rings is 2. The normalized spacial score (nSPS) is 10.2. The lowest BCUT2D eigenvalue weighted by Gasteiger charge is -1.93. The van der Waals surface area contributed by atoms with E-state index in [0.717, 1.165) is 0 Å². The summed E-state index contributed by atoms with van der Waals surface area (Å²) < 4.78 is 14.4. The fraction of sp³-hybridized carbons (Fsp3) is 0.0909. The van der Waals surface area contributed by atoms with Gasteiger partial charge in [-0.05, 0) is 35.9 Å². The summed E-state index contributed by atoms with van der Waals surface area (Å²) in [6.07, 6.45) is 0. The molecule has 0 fully saturated rings. The lowest BCUT2D eigenvalue weighted by molar-refractivity contribution is 0.0563. The van der Waals surface area contributed by atoms with Gasteiger partial charge >= 0.3 is 5.97 Å². The van der Waals surface area contributed by atoms with Gasteiger partial charge in [0.15, 0.2) is 16.7 Å². The van der Waals surface area contributed by atoms with Gasteiger partial charge < -0.3 is 13.6 Å². The molecule has 0 atom stereocenters. The SMILES string of the molecule is COC(=O)c1ccc(C(=O)c2ccc(Cl)o2)o1. The number of carbonyl (C=O) groups is 2. The van der Waals surface area contributed by atoms with Crippen molar-refractivity contribution in [1.82, 2.24) is 0 Å². The Labute approximate surface area is 101 Å². The topological polar surface area (TPSA) is 69.7 Å². The Morgan fingerprint density at radius 1 is 1.06 bits per heavy atom. The Kier molecular flexibility index (Phi) is 3.01. The molecule has 2 aromatic heterocycles. The average Bonchev–Trinajstić information content (AvgIpc) is 2.95. The third-order valence-electron chi connectivity index (χ3n) is 2.01. The summed E-state index contributed by atoms with van der Waals surface area (Å²) in [6, 6.07) is 5.58. The van der Waals surface area contributed by atoms with E-state index in [1.807, 2.05) is 0 Å². The van der Waals surface area contributed by atoms with E-state index in [9.17, 15) is 9.59 Å². The van der Waals surface area contributed by atoms with Gasteiger partial charge in [0, 0.05) is 0 Å². The summed E-state index contributed by atoms with van der Waals surface area (Å²) in [5, 5.41) is 0.105. The van der Waals surface area contributed by atoms with Crippen LogP contribution in [0.15, 0.2) is 33.1 Å². The van der Waals surface area contributed by atoms with Crippen molar-refractivity contribution in [2.75, 3.05) is 7.11 Å². The molecule has 17 heavy (non-hydrogen) atoms. The number of halogens is 1. The minimum absolute atomic E-state index is 0.0172. The first-order valence-corrected chi connectivity index (χ1v) is 4.98. The van der Waals surface area contributed by atoms with Gasteiger partial charge in [-0.15, -0.1) is 0 Å². The van der Waals surface area contributed by atoms with Crippen molar-refractivity contribution in [2.24, 2.45) is 0 Å². The Morgan fingerprint density at radius 2 is 1.65 bits per heavy atom. The molecule has 5 nitrogen and oxygen atoms in total. The molecule has 88 valence electrons. The van der Waals surface area contributed by atoms with Crippen LogP contribution in [-0.4, -0.2) is 18.9 Å². The highest BCUT2D eigenvalue weighted by atomic mass is 35.5. The second-order valence-corrected chi connectivity index (χ2v) is 3.46. The van der Waals surface area contributed by atoms with E-state index in [4.69, 9.17) is 20.4 Å². The molecule has 0 aliphatic heterocycles. The van der Waals surface area contributed by atoms with Crippen LogP contribution in [0.25, 0.3) is 0 Å². The first-order chi connectivity index (χ1) is 8.11. The zero-order valence-electron chi connectivity index (χ0n) is 8.73. The van der Waals surface area contributed by atoms with Gasteiger partial charge in [0.2, 0.25) is 5.76 Å². The summed E-state index contributed by atoms with van der Waals surface area (Å²) in [7, 11) is 1.22. The predicted octanol–water partition coefficient (Wildman–Crippen LogP) is 2.54. The van der Waals surface area contributed by atoms with Gasteiger partial charge in [-0.3, -0.25) is 4.79 Å². The van der Waals surface area contributed by atoms with Crippen molar-refractivity contribution in [3.63, 3.8) is 0 Å². The van der Waals surface area contributed by atoms with E-state index in [2.05, 4.69) is 4.74 Å². The number of esters is 1. The van der Waals surface area contributed by atoms with Crippen LogP contribution in [0.5, 0.6) is 0 Å². The van der Waals surface area contributed by atoms with Crippen LogP contribution in [0.4, 0.5) is 0 Å². The summed E-state index contributed by atoms with van der Waals surface area (Å²) in [5.74, 6) is -1.17. The van der Waals surface area contributed by atoms with Crippen LogP contribution in [0, 0.1) is 0 Å². The number of carbonyl (C=O) groups excluding carboxylic acids is 2. The van der Waals surface area contributed by atoms with Gasteiger partial charge in [0.05, 0.1) is 7.11 Å². The Morgan fingerprint density at radius 3 is 2.24 bits per heavy atom. The largest absolute Gasteiger partial charge is 0.463 e. The third-order valence-corrected chi connectivity index (χ3v) is 2.22. The zero-order chi connectivity index (χ0) is 12.4. The van der Waals surface area contributed by atoms with Crippen LogP contribution >= 0.6 is 11.6 Å². The maximum atomic E-state index is 11.8. The number of rotatable bonds is 3. The summed E-state index contributed by atoms with van der Waals surface area (Å²) >= 11 is 5.55. The summed E-state index contributed by atoms with van der Waals surface area (Å²) in [5.41, 5.74) is 0. The van der Waals surface area contributed by atoms with Crippen molar-refractivity contribution < 1.29 is 23.2 Å². The van der Waals surface area contributed by atoms with Gasteiger partial charge in [0.25, 0.3) is 5.78 Å². The first-order valence-electron chi connectivity index (χ1n) is 4.60. The monoisotopic (exact) mass is 254 g/mol. The highest BCUT2D eigenvalue weighted by Crippen LogP contribution is 2.18. The van der Waals surface area contributed by atoms with Crippen LogP contribution in [-0.2, 0) is 4.74 Å². The van der Waals surface area contributed by atoms with Crippen molar-refractivity contribution >= 4 is 23.4 Å². The van der Waals surface area contributed by atoms with Crippen molar-refractivity contribution in [2.45, 2.75) is 0 Å². The second kappa shape index (κ2) is 4.47. The minimum atomic E-state index is -0.651. The molecule has 0 aromatic carbocycles. The molecule has 0 aliphatic carbocycles. The number of ether oxygens (including phenoxy) is 1. The van der Waals surface area contributed by atoms with Crippen molar-refractivity contribution in [3.05, 3.63) is 46.8 Å². The molecule has 0 bridgehead atoms. The maximum Gasteiger partial charge on any atom is 0.373 e. The van der Waals surface area contributed by atoms with Crippen molar-refractivity contribution in [1.29, 1.82) is 0 Å². The molecular formula is C11H7ClO5. The smallest absolute Gasteiger partial charge is 0.373 e. The highest BCUT2D eigenvalue weighted by molar-refractivity contribution is 6.29. The molecule has 0 saturated carbocycles.